The van der Waals surface area contributed by atoms with Crippen LogP contribution in [-0.4, -0.2) is 42.9 Å². The summed E-state index contributed by atoms with van der Waals surface area (Å²) in [7, 11) is 1.94. The lowest BCUT2D eigenvalue weighted by molar-refractivity contribution is -0.117. The molecule has 1 saturated heterocycles. The Morgan fingerprint density at radius 3 is 2.78 bits per heavy atom. The van der Waals surface area contributed by atoms with Crippen LogP contribution in [0.2, 0.25) is 0 Å². The highest BCUT2D eigenvalue weighted by Crippen LogP contribution is 2.38. The summed E-state index contributed by atoms with van der Waals surface area (Å²) in [5.41, 5.74) is 1.35. The number of rotatable bonds is 4. The van der Waals surface area contributed by atoms with E-state index in [4.69, 9.17) is 0 Å². The lowest BCUT2D eigenvalue weighted by Gasteiger charge is -2.32. The van der Waals surface area contributed by atoms with E-state index in [9.17, 15) is 9.59 Å². The summed E-state index contributed by atoms with van der Waals surface area (Å²) in [4.78, 5) is 26.6. The van der Waals surface area contributed by atoms with Crippen molar-refractivity contribution in [2.75, 3.05) is 25.5 Å². The van der Waals surface area contributed by atoms with E-state index in [-0.39, 0.29) is 17.7 Å². The van der Waals surface area contributed by atoms with Gasteiger partial charge in [-0.05, 0) is 50.4 Å². The summed E-state index contributed by atoms with van der Waals surface area (Å²) >= 11 is 0. The molecule has 5 nitrogen and oxygen atoms in total. The lowest BCUT2D eigenvalue weighted by Crippen LogP contribution is -2.46. The molecule has 0 bridgehead atoms. The second-order valence-corrected chi connectivity index (χ2v) is 6.77. The molecule has 3 unspecified atom stereocenters. The molecule has 2 fully saturated rings. The van der Waals surface area contributed by atoms with Gasteiger partial charge in [-0.2, -0.15) is 0 Å². The summed E-state index contributed by atoms with van der Waals surface area (Å²) in [6.45, 7) is 3.62. The van der Waals surface area contributed by atoms with Crippen LogP contribution in [0.25, 0.3) is 0 Å². The minimum absolute atomic E-state index is 0.0424. The molecule has 124 valence electrons. The first-order chi connectivity index (χ1) is 11.1. The maximum absolute atomic E-state index is 12.7. The number of piperidine rings is 1. The standard InChI is InChI=1S/C18H25N3O2/c1-12-9-16(12)17(22)20-14-6-3-5-13(10-14)18(23)21-8-4-7-15(11-21)19-2/h3,5-6,10,12,15-16,19H,4,7-9,11H2,1-2H3,(H,20,22). The third-order valence-corrected chi connectivity index (χ3v) is 4.94. The van der Waals surface area contributed by atoms with E-state index in [1.165, 1.54) is 0 Å². The van der Waals surface area contributed by atoms with Crippen LogP contribution in [0.1, 0.15) is 36.5 Å². The van der Waals surface area contributed by atoms with Crippen molar-refractivity contribution < 1.29 is 9.59 Å². The Balaban J connectivity index is 1.66. The summed E-state index contributed by atoms with van der Waals surface area (Å²) in [6.07, 6.45) is 3.09. The molecule has 1 aromatic carbocycles. The topological polar surface area (TPSA) is 61.4 Å². The highest BCUT2D eigenvalue weighted by Gasteiger charge is 2.39. The Hall–Kier alpha value is -1.88. The fraction of sp³-hybridized carbons (Fsp3) is 0.556. The van der Waals surface area contributed by atoms with Crippen molar-refractivity contribution in [3.05, 3.63) is 29.8 Å². The van der Waals surface area contributed by atoms with Gasteiger partial charge in [-0.3, -0.25) is 9.59 Å². The molecule has 1 aromatic rings. The molecule has 3 rings (SSSR count). The summed E-state index contributed by atoms with van der Waals surface area (Å²) in [5.74, 6) is 0.718. The Morgan fingerprint density at radius 1 is 1.30 bits per heavy atom. The molecular weight excluding hydrogens is 290 g/mol. The SMILES string of the molecule is CNC1CCCN(C(=O)c2cccc(NC(=O)C3CC3C)c2)C1. The number of hydrogen-bond acceptors (Lipinski definition) is 3. The number of carbonyl (C=O) groups is 2. The van der Waals surface area contributed by atoms with Gasteiger partial charge in [-0.15, -0.1) is 0 Å². The van der Waals surface area contributed by atoms with Crippen LogP contribution in [0, 0.1) is 11.8 Å². The van der Waals surface area contributed by atoms with Gasteiger partial charge < -0.3 is 15.5 Å². The molecule has 1 aliphatic heterocycles. The Morgan fingerprint density at radius 2 is 2.09 bits per heavy atom. The number of nitrogens with one attached hydrogen (secondary N) is 2. The van der Waals surface area contributed by atoms with Gasteiger partial charge >= 0.3 is 0 Å². The summed E-state index contributed by atoms with van der Waals surface area (Å²) < 4.78 is 0. The normalized spacial score (nSPS) is 26.7. The molecule has 5 heteroatoms. The first-order valence-electron chi connectivity index (χ1n) is 8.46. The highest BCUT2D eigenvalue weighted by molar-refractivity contribution is 5.98. The molecule has 0 spiro atoms. The number of benzene rings is 1. The van der Waals surface area contributed by atoms with E-state index in [0.29, 0.717) is 23.2 Å². The van der Waals surface area contributed by atoms with E-state index in [2.05, 4.69) is 17.6 Å². The number of likely N-dealkylation sites (tertiary alicyclic amines) is 1. The van der Waals surface area contributed by atoms with Crippen molar-refractivity contribution in [2.45, 2.75) is 32.2 Å². The van der Waals surface area contributed by atoms with Gasteiger partial charge in [0.1, 0.15) is 0 Å². The molecule has 2 N–H and O–H groups in total. The molecule has 0 radical (unpaired) electrons. The predicted molar refractivity (Wildman–Crippen MR) is 90.3 cm³/mol. The third kappa shape index (κ3) is 3.72. The second kappa shape index (κ2) is 6.71. The number of amides is 2. The maximum atomic E-state index is 12.7. The molecule has 2 amide bonds. The molecule has 0 aromatic heterocycles. The van der Waals surface area contributed by atoms with Gasteiger partial charge in [-0.1, -0.05) is 13.0 Å². The zero-order valence-corrected chi connectivity index (χ0v) is 13.8. The Labute approximate surface area is 137 Å². The van der Waals surface area contributed by atoms with Gasteiger partial charge in [0.2, 0.25) is 5.91 Å². The first kappa shape index (κ1) is 16.0. The number of carbonyl (C=O) groups excluding carboxylic acids is 2. The molecule has 23 heavy (non-hydrogen) atoms. The largest absolute Gasteiger partial charge is 0.337 e. The number of anilines is 1. The monoisotopic (exact) mass is 315 g/mol. The van der Waals surface area contributed by atoms with E-state index in [1.54, 1.807) is 6.07 Å². The fourth-order valence-electron chi connectivity index (χ4n) is 3.23. The summed E-state index contributed by atoms with van der Waals surface area (Å²) in [5, 5.41) is 6.18. The minimum Gasteiger partial charge on any atom is -0.337 e. The van der Waals surface area contributed by atoms with E-state index in [1.807, 2.05) is 30.1 Å². The molecular formula is C18H25N3O2. The zero-order valence-electron chi connectivity index (χ0n) is 13.8. The molecule has 3 atom stereocenters. The van der Waals surface area contributed by atoms with Crippen molar-refractivity contribution in [1.29, 1.82) is 0 Å². The van der Waals surface area contributed by atoms with Gasteiger partial charge in [0.25, 0.3) is 5.91 Å². The Bertz CT molecular complexity index is 602. The van der Waals surface area contributed by atoms with Crippen LogP contribution < -0.4 is 10.6 Å². The molecule has 2 aliphatic rings. The van der Waals surface area contributed by atoms with E-state index >= 15 is 0 Å². The van der Waals surface area contributed by atoms with Crippen LogP contribution in [-0.2, 0) is 4.79 Å². The van der Waals surface area contributed by atoms with Crippen LogP contribution in [0.5, 0.6) is 0 Å². The maximum Gasteiger partial charge on any atom is 0.253 e. The second-order valence-electron chi connectivity index (χ2n) is 6.77. The van der Waals surface area contributed by atoms with Crippen molar-refractivity contribution in [3.63, 3.8) is 0 Å². The lowest BCUT2D eigenvalue weighted by atomic mass is 10.0. The molecule has 1 aliphatic carbocycles. The van der Waals surface area contributed by atoms with Gasteiger partial charge in [0.05, 0.1) is 0 Å². The van der Waals surface area contributed by atoms with E-state index in [0.717, 1.165) is 32.4 Å². The van der Waals surface area contributed by atoms with Crippen LogP contribution >= 0.6 is 0 Å². The van der Waals surface area contributed by atoms with Crippen LogP contribution in [0.15, 0.2) is 24.3 Å². The quantitative estimate of drug-likeness (QED) is 0.894. The average Bonchev–Trinajstić information content (AvgIpc) is 3.31. The van der Waals surface area contributed by atoms with Gasteiger partial charge in [0.15, 0.2) is 0 Å². The third-order valence-electron chi connectivity index (χ3n) is 4.94. The number of hydrogen-bond donors (Lipinski definition) is 2. The minimum atomic E-state index is 0.0424. The molecule has 1 saturated carbocycles. The number of likely N-dealkylation sites (N-methyl/N-ethyl adjacent to an activating group) is 1. The van der Waals surface area contributed by atoms with Crippen molar-refractivity contribution in [3.8, 4) is 0 Å². The van der Waals surface area contributed by atoms with Crippen LogP contribution in [0.3, 0.4) is 0 Å². The zero-order chi connectivity index (χ0) is 16.4. The highest BCUT2D eigenvalue weighted by atomic mass is 16.2. The van der Waals surface area contributed by atoms with Gasteiger partial charge in [0, 0.05) is 36.3 Å². The van der Waals surface area contributed by atoms with Crippen LogP contribution in [0.4, 0.5) is 5.69 Å². The fourth-order valence-corrected chi connectivity index (χ4v) is 3.23. The smallest absolute Gasteiger partial charge is 0.253 e. The molecule has 1 heterocycles. The summed E-state index contributed by atoms with van der Waals surface area (Å²) in [6, 6.07) is 7.65. The van der Waals surface area contributed by atoms with Gasteiger partial charge in [-0.25, -0.2) is 0 Å². The Kier molecular flexibility index (Phi) is 4.66. The predicted octanol–water partition coefficient (Wildman–Crippen LogP) is 2.11. The first-order valence-corrected chi connectivity index (χ1v) is 8.46. The van der Waals surface area contributed by atoms with Crippen molar-refractivity contribution >= 4 is 17.5 Å². The number of nitrogens with zero attached hydrogens (tertiary/aromatic N) is 1. The van der Waals surface area contributed by atoms with Crippen molar-refractivity contribution in [2.24, 2.45) is 11.8 Å². The average molecular weight is 315 g/mol. The van der Waals surface area contributed by atoms with Crippen molar-refractivity contribution in [1.82, 2.24) is 10.2 Å². The van der Waals surface area contributed by atoms with E-state index < -0.39 is 0 Å².